The Labute approximate surface area is 340 Å². The Hall–Kier alpha value is -7.63. The van der Waals surface area contributed by atoms with Crippen LogP contribution < -0.4 is 0 Å². The topological polar surface area (TPSA) is 65.0 Å². The van der Waals surface area contributed by atoms with E-state index in [-0.39, 0.29) is 5.41 Å². The average molecular weight is 758 g/mol. The minimum Gasteiger partial charge on any atom is -0.456 e. The minimum atomic E-state index is -0.150. The van der Waals surface area contributed by atoms with Crippen molar-refractivity contribution >= 4 is 43.9 Å². The van der Waals surface area contributed by atoms with Gasteiger partial charge >= 0.3 is 0 Å². The molecule has 1 aliphatic carbocycles. The van der Waals surface area contributed by atoms with Crippen molar-refractivity contribution in [3.8, 4) is 67.5 Å². The molecule has 0 N–H and O–H groups in total. The van der Waals surface area contributed by atoms with Crippen molar-refractivity contribution in [2.75, 3.05) is 0 Å². The van der Waals surface area contributed by atoms with Crippen LogP contribution >= 0.6 is 0 Å². The molecule has 0 saturated heterocycles. The third kappa shape index (κ3) is 5.21. The minimum absolute atomic E-state index is 0.150. The number of aromatic nitrogens is 3. The Morgan fingerprint density at radius 3 is 1.80 bits per heavy atom. The first kappa shape index (κ1) is 33.5. The van der Waals surface area contributed by atoms with Crippen molar-refractivity contribution in [1.29, 1.82) is 0 Å². The van der Waals surface area contributed by atoms with Gasteiger partial charge in [0.15, 0.2) is 17.5 Å². The summed E-state index contributed by atoms with van der Waals surface area (Å²) in [5.41, 5.74) is 15.7. The number of benzene rings is 8. The third-order valence-electron chi connectivity index (χ3n) is 12.1. The highest BCUT2D eigenvalue weighted by atomic mass is 16.3. The summed E-state index contributed by atoms with van der Waals surface area (Å²) in [6, 6.07) is 61.3. The summed E-state index contributed by atoms with van der Waals surface area (Å²) in [6.07, 6.45) is 0. The number of nitrogens with zero attached hydrogens (tertiary/aromatic N) is 3. The summed E-state index contributed by atoms with van der Waals surface area (Å²) in [5, 5.41) is 4.05. The highest BCUT2D eigenvalue weighted by Crippen LogP contribution is 2.52. The number of para-hydroxylation sites is 1. The van der Waals surface area contributed by atoms with Crippen LogP contribution in [0.15, 0.2) is 185 Å². The van der Waals surface area contributed by atoms with Crippen LogP contribution in [-0.2, 0) is 5.41 Å². The molecule has 0 amide bonds. The van der Waals surface area contributed by atoms with E-state index >= 15 is 0 Å². The monoisotopic (exact) mass is 757 g/mol. The number of furan rings is 2. The second-order valence-corrected chi connectivity index (χ2v) is 16.0. The molecule has 0 fully saturated rings. The van der Waals surface area contributed by atoms with Crippen molar-refractivity contribution in [3.63, 3.8) is 0 Å². The molecule has 5 nitrogen and oxygen atoms in total. The summed E-state index contributed by atoms with van der Waals surface area (Å²) in [6.45, 7) is 4.67. The van der Waals surface area contributed by atoms with E-state index in [2.05, 4.69) is 141 Å². The molecule has 12 rings (SSSR count). The zero-order valence-corrected chi connectivity index (χ0v) is 32.4. The van der Waals surface area contributed by atoms with Gasteiger partial charge in [-0.15, -0.1) is 0 Å². The van der Waals surface area contributed by atoms with Gasteiger partial charge in [-0.3, -0.25) is 0 Å². The number of rotatable bonds is 5. The van der Waals surface area contributed by atoms with Crippen molar-refractivity contribution < 1.29 is 8.83 Å². The van der Waals surface area contributed by atoms with Gasteiger partial charge in [0.25, 0.3) is 0 Å². The van der Waals surface area contributed by atoms with Crippen molar-refractivity contribution in [3.05, 3.63) is 187 Å². The molecule has 0 saturated carbocycles. The van der Waals surface area contributed by atoms with Crippen LogP contribution in [0, 0.1) is 0 Å². The summed E-state index contributed by atoms with van der Waals surface area (Å²) >= 11 is 0. The Morgan fingerprint density at radius 1 is 0.356 bits per heavy atom. The Morgan fingerprint density at radius 2 is 0.915 bits per heavy atom. The molecule has 8 aromatic carbocycles. The smallest absolute Gasteiger partial charge is 0.164 e. The molecule has 0 spiro atoms. The van der Waals surface area contributed by atoms with Crippen LogP contribution in [0.3, 0.4) is 0 Å². The lowest BCUT2D eigenvalue weighted by atomic mass is 9.79. The molecule has 5 heteroatoms. The standard InChI is InChI=1S/C54H35N3O2/c1-54(2)44-22-8-6-17-38(44)40-20-11-19-37(50(40)54)34-25-27-47-43(30-34)49-41(21-12-24-48(49)59-47)53-56-51(35-16-10-15-33(29-35)32-13-4-3-5-14-32)55-52(57-53)36-26-28-46-42(31-36)39-18-7-9-23-45(39)58-46/h3-31H,1-2H3. The first-order valence-electron chi connectivity index (χ1n) is 20.0. The van der Waals surface area contributed by atoms with Crippen LogP contribution in [-0.4, -0.2) is 15.0 Å². The Balaban J connectivity index is 1.07. The summed E-state index contributed by atoms with van der Waals surface area (Å²) in [4.78, 5) is 15.7. The van der Waals surface area contributed by atoms with Gasteiger partial charge in [-0.1, -0.05) is 141 Å². The number of hydrogen-bond acceptors (Lipinski definition) is 5. The van der Waals surface area contributed by atoms with Gasteiger partial charge in [0.1, 0.15) is 22.3 Å². The molecule has 3 aromatic heterocycles. The molecular weight excluding hydrogens is 723 g/mol. The first-order valence-corrected chi connectivity index (χ1v) is 20.0. The highest BCUT2D eigenvalue weighted by molar-refractivity contribution is 6.13. The van der Waals surface area contributed by atoms with Gasteiger partial charge in [-0.2, -0.15) is 0 Å². The van der Waals surface area contributed by atoms with E-state index in [0.29, 0.717) is 17.5 Å². The highest BCUT2D eigenvalue weighted by Gasteiger charge is 2.37. The van der Waals surface area contributed by atoms with Crippen LogP contribution in [0.4, 0.5) is 0 Å². The number of fused-ring (bicyclic) bond motifs is 9. The normalized spacial score (nSPS) is 13.1. The second kappa shape index (κ2) is 12.7. The molecule has 278 valence electrons. The van der Waals surface area contributed by atoms with E-state index < -0.39 is 0 Å². The van der Waals surface area contributed by atoms with E-state index in [1.807, 2.05) is 48.5 Å². The lowest BCUT2D eigenvalue weighted by molar-refractivity contribution is 0.662. The molecule has 0 radical (unpaired) electrons. The molecule has 3 heterocycles. The molecular formula is C54H35N3O2. The Kier molecular flexibility index (Phi) is 7.20. The Bertz CT molecular complexity index is 3480. The summed E-state index contributed by atoms with van der Waals surface area (Å²) < 4.78 is 12.8. The molecule has 1 aliphatic rings. The molecule has 0 bridgehead atoms. The first-order chi connectivity index (χ1) is 29.0. The van der Waals surface area contributed by atoms with Gasteiger partial charge in [-0.05, 0) is 93.0 Å². The van der Waals surface area contributed by atoms with E-state index in [1.54, 1.807) is 0 Å². The van der Waals surface area contributed by atoms with Gasteiger partial charge in [0.05, 0.1) is 0 Å². The van der Waals surface area contributed by atoms with E-state index in [4.69, 9.17) is 23.8 Å². The van der Waals surface area contributed by atoms with Crippen LogP contribution in [0.2, 0.25) is 0 Å². The molecule has 0 unspecified atom stereocenters. The molecule has 0 atom stereocenters. The van der Waals surface area contributed by atoms with E-state index in [0.717, 1.165) is 77.3 Å². The lowest BCUT2D eigenvalue weighted by Gasteiger charge is -2.24. The average Bonchev–Trinajstić information content (AvgIpc) is 3.93. The molecule has 0 aliphatic heterocycles. The van der Waals surface area contributed by atoms with Crippen molar-refractivity contribution in [2.45, 2.75) is 19.3 Å². The summed E-state index contributed by atoms with van der Waals surface area (Å²) in [5.74, 6) is 1.74. The zero-order valence-electron chi connectivity index (χ0n) is 32.4. The summed E-state index contributed by atoms with van der Waals surface area (Å²) in [7, 11) is 0. The molecule has 59 heavy (non-hydrogen) atoms. The zero-order chi connectivity index (χ0) is 39.2. The maximum atomic E-state index is 6.58. The van der Waals surface area contributed by atoms with E-state index in [1.165, 1.54) is 27.8 Å². The fraction of sp³-hybridized carbons (Fsp3) is 0.0556. The van der Waals surface area contributed by atoms with Crippen molar-refractivity contribution in [2.24, 2.45) is 0 Å². The van der Waals surface area contributed by atoms with E-state index in [9.17, 15) is 0 Å². The predicted octanol–water partition coefficient (Wildman–Crippen LogP) is 14.3. The number of hydrogen-bond donors (Lipinski definition) is 0. The van der Waals surface area contributed by atoms with Gasteiger partial charge in [0.2, 0.25) is 0 Å². The maximum absolute atomic E-state index is 6.58. The van der Waals surface area contributed by atoms with Crippen molar-refractivity contribution in [1.82, 2.24) is 15.0 Å². The third-order valence-corrected chi connectivity index (χ3v) is 12.1. The van der Waals surface area contributed by atoms with Crippen LogP contribution in [0.25, 0.3) is 111 Å². The van der Waals surface area contributed by atoms with Gasteiger partial charge < -0.3 is 8.83 Å². The quantitative estimate of drug-likeness (QED) is 0.175. The predicted molar refractivity (Wildman–Crippen MR) is 239 cm³/mol. The van der Waals surface area contributed by atoms with Gasteiger partial charge in [-0.25, -0.2) is 15.0 Å². The lowest BCUT2D eigenvalue weighted by Crippen LogP contribution is -2.16. The molecule has 11 aromatic rings. The maximum Gasteiger partial charge on any atom is 0.164 e. The fourth-order valence-corrected chi connectivity index (χ4v) is 9.36. The van der Waals surface area contributed by atoms with Gasteiger partial charge in [0, 0.05) is 43.7 Å². The SMILES string of the molecule is CC1(C)c2ccccc2-c2cccc(-c3ccc4oc5cccc(-c6nc(-c7cccc(-c8ccccc8)c7)nc(-c7ccc8oc9ccccc9c8c7)n6)c5c4c3)c21. The largest absolute Gasteiger partial charge is 0.456 e. The fourth-order valence-electron chi connectivity index (χ4n) is 9.36. The van der Waals surface area contributed by atoms with Crippen LogP contribution in [0.1, 0.15) is 25.0 Å². The second-order valence-electron chi connectivity index (χ2n) is 16.0. The van der Waals surface area contributed by atoms with Crippen LogP contribution in [0.5, 0.6) is 0 Å².